The van der Waals surface area contributed by atoms with Crippen LogP contribution in [-0.2, 0) is 0 Å². The van der Waals surface area contributed by atoms with Gasteiger partial charge in [-0.3, -0.25) is 0 Å². The lowest BCUT2D eigenvalue weighted by atomic mass is 10.3. The average molecular weight is 245 g/mol. The van der Waals surface area contributed by atoms with E-state index < -0.39 is 0 Å². The van der Waals surface area contributed by atoms with Gasteiger partial charge in [-0.1, -0.05) is 0 Å². The molecule has 0 radical (unpaired) electrons. The van der Waals surface area contributed by atoms with Crippen LogP contribution < -0.4 is 11.5 Å². The normalized spacial score (nSPS) is 11.4. The Hall–Kier alpha value is -1.30. The number of guanidine groups is 1. The van der Waals surface area contributed by atoms with Crippen LogP contribution in [0.1, 0.15) is 12.7 Å². The third kappa shape index (κ3) is 2.90. The van der Waals surface area contributed by atoms with Crippen molar-refractivity contribution in [3.63, 3.8) is 0 Å². The molecule has 0 fully saturated rings. The van der Waals surface area contributed by atoms with Crippen LogP contribution in [0.2, 0.25) is 0 Å². The zero-order valence-corrected chi connectivity index (χ0v) is 8.58. The molecule has 1 aromatic rings. The van der Waals surface area contributed by atoms with Gasteiger partial charge < -0.3 is 15.9 Å². The van der Waals surface area contributed by atoms with E-state index >= 15 is 0 Å². The minimum absolute atomic E-state index is 0.0787. The highest BCUT2D eigenvalue weighted by Crippen LogP contribution is 2.14. The summed E-state index contributed by atoms with van der Waals surface area (Å²) in [6, 6.07) is 3.54. The highest BCUT2D eigenvalue weighted by molar-refractivity contribution is 9.10. The summed E-state index contributed by atoms with van der Waals surface area (Å²) in [6.45, 7) is 1.75. The predicted molar refractivity (Wildman–Crippen MR) is 54.4 cm³/mol. The van der Waals surface area contributed by atoms with E-state index in [-0.39, 0.29) is 5.96 Å². The molecule has 6 heteroatoms. The smallest absolute Gasteiger partial charge is 0.211 e. The van der Waals surface area contributed by atoms with E-state index in [1.807, 2.05) is 0 Å². The first-order valence-corrected chi connectivity index (χ1v) is 4.28. The van der Waals surface area contributed by atoms with Crippen LogP contribution in [0.4, 0.5) is 0 Å². The van der Waals surface area contributed by atoms with Gasteiger partial charge in [0, 0.05) is 0 Å². The average Bonchev–Trinajstić information content (AvgIpc) is 2.47. The topological polar surface area (TPSA) is 89.9 Å². The zero-order valence-electron chi connectivity index (χ0n) is 6.99. The summed E-state index contributed by atoms with van der Waals surface area (Å²) in [5, 5.41) is 7.24. The van der Waals surface area contributed by atoms with Gasteiger partial charge in [0.05, 0.1) is 0 Å². The Morgan fingerprint density at radius 3 is 2.54 bits per heavy atom. The fraction of sp³-hybridized carbons (Fsp3) is 0.143. The second kappa shape index (κ2) is 4.08. The zero-order chi connectivity index (χ0) is 9.84. The van der Waals surface area contributed by atoms with Gasteiger partial charge in [0.15, 0.2) is 10.4 Å². The number of hydrogen-bond acceptors (Lipinski definition) is 3. The summed E-state index contributed by atoms with van der Waals surface area (Å²) in [5.41, 5.74) is 10.8. The van der Waals surface area contributed by atoms with Gasteiger partial charge in [0.25, 0.3) is 0 Å². The molecule has 0 aliphatic carbocycles. The van der Waals surface area contributed by atoms with Crippen LogP contribution in [0.3, 0.4) is 0 Å². The van der Waals surface area contributed by atoms with Gasteiger partial charge in [0.1, 0.15) is 5.71 Å². The minimum Gasteiger partial charge on any atom is -0.448 e. The Labute approximate surface area is 83.6 Å². The third-order valence-corrected chi connectivity index (χ3v) is 1.67. The van der Waals surface area contributed by atoms with E-state index in [0.29, 0.717) is 16.1 Å². The first-order valence-electron chi connectivity index (χ1n) is 3.48. The lowest BCUT2D eigenvalue weighted by Gasteiger charge is -1.91. The number of nitrogens with zero attached hydrogens (tertiary/aromatic N) is 2. The summed E-state index contributed by atoms with van der Waals surface area (Å²) in [5.74, 6) is 0.543. The van der Waals surface area contributed by atoms with Crippen molar-refractivity contribution in [2.45, 2.75) is 6.92 Å². The van der Waals surface area contributed by atoms with Crippen LogP contribution in [0.15, 0.2) is 31.4 Å². The van der Waals surface area contributed by atoms with Crippen LogP contribution >= 0.6 is 15.9 Å². The first kappa shape index (κ1) is 9.79. The Morgan fingerprint density at radius 2 is 2.08 bits per heavy atom. The van der Waals surface area contributed by atoms with Crippen LogP contribution in [0, 0.1) is 0 Å². The SMILES string of the molecule is C/C(=N/N=C(N)N)c1ccc(Br)o1. The van der Waals surface area contributed by atoms with Gasteiger partial charge in [-0.05, 0) is 35.0 Å². The van der Waals surface area contributed by atoms with Crippen molar-refractivity contribution in [3.05, 3.63) is 22.6 Å². The molecule has 0 saturated carbocycles. The Morgan fingerprint density at radius 1 is 1.38 bits per heavy atom. The van der Waals surface area contributed by atoms with Crippen molar-refractivity contribution in [1.29, 1.82) is 0 Å². The molecule has 0 unspecified atom stereocenters. The fourth-order valence-electron chi connectivity index (χ4n) is 0.691. The fourth-order valence-corrected chi connectivity index (χ4v) is 0.997. The van der Waals surface area contributed by atoms with E-state index in [1.165, 1.54) is 0 Å². The number of hydrogen-bond donors (Lipinski definition) is 2. The highest BCUT2D eigenvalue weighted by Gasteiger charge is 2.02. The number of furan rings is 1. The molecule has 1 aromatic heterocycles. The summed E-state index contributed by atoms with van der Waals surface area (Å²) in [4.78, 5) is 0. The molecule has 4 N–H and O–H groups in total. The predicted octanol–water partition coefficient (Wildman–Crippen LogP) is 1.04. The van der Waals surface area contributed by atoms with E-state index in [2.05, 4.69) is 26.1 Å². The maximum absolute atomic E-state index is 5.21. The van der Waals surface area contributed by atoms with Crippen LogP contribution in [0.25, 0.3) is 0 Å². The Balaban J connectivity index is 2.85. The first-order chi connectivity index (χ1) is 6.09. The number of rotatable bonds is 2. The molecule has 0 spiro atoms. The minimum atomic E-state index is -0.0787. The molecule has 0 aliphatic heterocycles. The Bertz CT molecular complexity index is 351. The maximum Gasteiger partial charge on any atom is 0.211 e. The van der Waals surface area contributed by atoms with Gasteiger partial charge in [-0.15, -0.1) is 10.2 Å². The van der Waals surface area contributed by atoms with Crippen molar-refractivity contribution in [2.24, 2.45) is 21.7 Å². The molecule has 1 heterocycles. The molecule has 0 saturated heterocycles. The Kier molecular flexibility index (Phi) is 3.07. The molecule has 0 bridgehead atoms. The van der Waals surface area contributed by atoms with Crippen LogP contribution in [0.5, 0.6) is 0 Å². The highest BCUT2D eigenvalue weighted by atomic mass is 79.9. The van der Waals surface area contributed by atoms with Crippen LogP contribution in [-0.4, -0.2) is 11.7 Å². The summed E-state index contributed by atoms with van der Waals surface area (Å²) < 4.78 is 5.85. The number of halogens is 1. The summed E-state index contributed by atoms with van der Waals surface area (Å²) >= 11 is 3.17. The van der Waals surface area contributed by atoms with Crippen molar-refractivity contribution in [3.8, 4) is 0 Å². The molecule has 0 aliphatic rings. The van der Waals surface area contributed by atoms with Crippen molar-refractivity contribution < 1.29 is 4.42 Å². The maximum atomic E-state index is 5.21. The monoisotopic (exact) mass is 244 g/mol. The standard InChI is InChI=1S/C7H9BrN4O/c1-4(11-12-7(9)10)5-2-3-6(8)13-5/h2-3H,1H3,(H4,9,10,12)/b11-4-. The third-order valence-electron chi connectivity index (χ3n) is 1.25. The second-order valence-corrected chi connectivity index (χ2v) is 3.10. The molecular formula is C7H9BrN4O. The molecule has 5 nitrogen and oxygen atoms in total. The van der Waals surface area contributed by atoms with Gasteiger partial charge in [-0.2, -0.15) is 0 Å². The van der Waals surface area contributed by atoms with Crippen molar-refractivity contribution in [1.82, 2.24) is 0 Å². The van der Waals surface area contributed by atoms with Gasteiger partial charge in [-0.25, -0.2) is 0 Å². The van der Waals surface area contributed by atoms with E-state index in [1.54, 1.807) is 19.1 Å². The largest absolute Gasteiger partial charge is 0.448 e. The molecule has 0 amide bonds. The molecule has 0 aromatic carbocycles. The lowest BCUT2D eigenvalue weighted by molar-refractivity contribution is 0.531. The molecule has 70 valence electrons. The molecule has 1 rings (SSSR count). The van der Waals surface area contributed by atoms with Gasteiger partial charge >= 0.3 is 0 Å². The van der Waals surface area contributed by atoms with E-state index in [0.717, 1.165) is 0 Å². The molecule has 13 heavy (non-hydrogen) atoms. The van der Waals surface area contributed by atoms with Gasteiger partial charge in [0.2, 0.25) is 5.96 Å². The molecule has 0 atom stereocenters. The van der Waals surface area contributed by atoms with Crippen molar-refractivity contribution >= 4 is 27.6 Å². The van der Waals surface area contributed by atoms with E-state index in [9.17, 15) is 0 Å². The number of nitrogens with two attached hydrogens (primary N) is 2. The second-order valence-electron chi connectivity index (χ2n) is 2.31. The lowest BCUT2D eigenvalue weighted by Crippen LogP contribution is -2.22. The summed E-state index contributed by atoms with van der Waals surface area (Å²) in [7, 11) is 0. The van der Waals surface area contributed by atoms with E-state index in [4.69, 9.17) is 15.9 Å². The summed E-state index contributed by atoms with van der Waals surface area (Å²) in [6.07, 6.45) is 0. The molecular weight excluding hydrogens is 236 g/mol. The van der Waals surface area contributed by atoms with Crippen molar-refractivity contribution in [2.75, 3.05) is 0 Å². The quantitative estimate of drug-likeness (QED) is 0.463.